The number of rotatable bonds is 18. The number of aliphatic carboxylic acids is 2. The van der Waals surface area contributed by atoms with Crippen LogP contribution in [-0.4, -0.2) is 59.5 Å². The molecule has 0 saturated heterocycles. The number of hydrogen-bond acceptors (Lipinski definition) is 8. The first kappa shape index (κ1) is 30.5. The first-order valence-corrected chi connectivity index (χ1v) is 13.5. The molecule has 1 aromatic carbocycles. The first-order chi connectivity index (χ1) is 18.1. The van der Waals surface area contributed by atoms with E-state index in [9.17, 15) is 22.6 Å². The molecule has 206 valence electrons. The van der Waals surface area contributed by atoms with Crippen LogP contribution in [0.2, 0.25) is 0 Å². The van der Waals surface area contributed by atoms with Gasteiger partial charge < -0.3 is 19.4 Å². The van der Waals surface area contributed by atoms with E-state index in [0.717, 1.165) is 12.8 Å². The zero-order valence-electron chi connectivity index (χ0n) is 20.9. The fourth-order valence-electron chi connectivity index (χ4n) is 3.35. The Morgan fingerprint density at radius 3 is 2.37 bits per heavy atom. The van der Waals surface area contributed by atoms with Gasteiger partial charge in [0, 0.05) is 36.7 Å². The summed E-state index contributed by atoms with van der Waals surface area (Å²) in [5.74, 6) is -1.22. The van der Waals surface area contributed by atoms with Gasteiger partial charge in [0.05, 0.1) is 12.8 Å². The lowest BCUT2D eigenvalue weighted by atomic mass is 10.2. The summed E-state index contributed by atoms with van der Waals surface area (Å²) < 4.78 is 44.9. The quantitative estimate of drug-likeness (QED) is 0.100. The molecule has 0 aliphatic carbocycles. The van der Waals surface area contributed by atoms with E-state index in [4.69, 9.17) is 19.4 Å². The van der Waals surface area contributed by atoms with Crippen LogP contribution in [0.1, 0.15) is 57.3 Å². The first-order valence-electron chi connectivity index (χ1n) is 12.1. The minimum absolute atomic E-state index is 0.0277. The van der Waals surface area contributed by atoms with Gasteiger partial charge in [0.25, 0.3) is 10.1 Å². The molecule has 11 nitrogen and oxygen atoms in total. The molecule has 2 rings (SSSR count). The maximum absolute atomic E-state index is 12.0. The Morgan fingerprint density at radius 1 is 1.05 bits per heavy atom. The Balaban J connectivity index is 2.05. The van der Waals surface area contributed by atoms with Crippen molar-refractivity contribution in [3.05, 3.63) is 49.0 Å². The molecule has 12 heteroatoms. The third-order valence-electron chi connectivity index (χ3n) is 5.31. The number of oxazole rings is 1. The summed E-state index contributed by atoms with van der Waals surface area (Å²) in [5, 5.41) is 17.3. The van der Waals surface area contributed by atoms with Gasteiger partial charge in [0.1, 0.15) is 10.6 Å². The normalized spacial score (nSPS) is 12.1. The van der Waals surface area contributed by atoms with Crippen LogP contribution in [0.4, 0.5) is 0 Å². The molecular formula is C26H32N2O9S. The fourth-order valence-corrected chi connectivity index (χ4v) is 4.01. The summed E-state index contributed by atoms with van der Waals surface area (Å²) in [7, 11) is -4.60. The van der Waals surface area contributed by atoms with Crippen molar-refractivity contribution < 1.29 is 41.9 Å². The van der Waals surface area contributed by atoms with E-state index >= 15 is 0 Å². The maximum atomic E-state index is 12.0. The number of ether oxygens (including phenoxy) is 1. The van der Waals surface area contributed by atoms with Crippen LogP contribution in [0.3, 0.4) is 0 Å². The van der Waals surface area contributed by atoms with Crippen molar-refractivity contribution in [2.75, 3.05) is 13.2 Å². The number of carboxylic acid groups (broad SMARTS) is 2. The number of carboxylic acids is 2. The largest absolute Gasteiger partial charge is 0.492 e. The summed E-state index contributed by atoms with van der Waals surface area (Å²) in [6.07, 6.45) is 10.2. The number of aliphatic imine (C=N–C) groups is 1. The van der Waals surface area contributed by atoms with Crippen LogP contribution in [0.15, 0.2) is 57.4 Å². The van der Waals surface area contributed by atoms with Crippen molar-refractivity contribution in [3.63, 3.8) is 0 Å². The van der Waals surface area contributed by atoms with Gasteiger partial charge in [-0.3, -0.25) is 19.1 Å². The molecule has 2 aromatic rings. The molecule has 0 unspecified atom stereocenters. The van der Waals surface area contributed by atoms with Crippen LogP contribution >= 0.6 is 0 Å². The van der Waals surface area contributed by atoms with Crippen molar-refractivity contribution in [2.45, 2.75) is 56.3 Å². The van der Waals surface area contributed by atoms with Gasteiger partial charge in [-0.2, -0.15) is 8.42 Å². The summed E-state index contributed by atoms with van der Waals surface area (Å²) in [6, 6.07) is 4.20. The zero-order valence-corrected chi connectivity index (χ0v) is 21.7. The summed E-state index contributed by atoms with van der Waals surface area (Å²) >= 11 is 0. The van der Waals surface area contributed by atoms with E-state index in [1.165, 1.54) is 24.4 Å². The average molecular weight is 549 g/mol. The van der Waals surface area contributed by atoms with E-state index in [-0.39, 0.29) is 36.8 Å². The summed E-state index contributed by atoms with van der Waals surface area (Å²) in [5.41, 5.74) is 0.896. The second-order valence-corrected chi connectivity index (χ2v) is 9.69. The van der Waals surface area contributed by atoms with Gasteiger partial charge >= 0.3 is 11.9 Å². The molecule has 0 amide bonds. The molecule has 38 heavy (non-hydrogen) atoms. The third kappa shape index (κ3) is 10.7. The Morgan fingerprint density at radius 2 is 1.74 bits per heavy atom. The fraction of sp³-hybridized carbons (Fsp3) is 0.385. The standard InChI is InChI=1S/C26H32N2O9S/c1-2-19(13-15-27-14-7-3-5-9-24(29)30)26-28-18-22(37-26)20-11-12-21(23(17-20)38(33,34)35)36-16-8-4-6-10-25(31)32/h2,11-13,15,17-18H,1,3-10,14,16H2,(H,29,30)(H,31,32)(H,33,34,35)/b19-13+,27-15?. The van der Waals surface area contributed by atoms with E-state index in [0.29, 0.717) is 43.4 Å². The van der Waals surface area contributed by atoms with Crippen LogP contribution in [0.5, 0.6) is 5.75 Å². The van der Waals surface area contributed by atoms with E-state index in [1.807, 2.05) is 0 Å². The van der Waals surface area contributed by atoms with Crippen molar-refractivity contribution in [1.82, 2.24) is 4.98 Å². The molecule has 0 bridgehead atoms. The number of nitrogens with zero attached hydrogens (tertiary/aromatic N) is 2. The van der Waals surface area contributed by atoms with E-state index < -0.39 is 27.0 Å². The lowest BCUT2D eigenvalue weighted by molar-refractivity contribution is -0.138. The van der Waals surface area contributed by atoms with Gasteiger partial charge in [-0.05, 0) is 56.4 Å². The molecule has 0 saturated carbocycles. The zero-order chi connectivity index (χ0) is 28.0. The van der Waals surface area contributed by atoms with Gasteiger partial charge in [-0.25, -0.2) is 4.98 Å². The molecule has 0 fully saturated rings. The number of carbonyl (C=O) groups is 2. The highest BCUT2D eigenvalue weighted by Gasteiger charge is 2.20. The summed E-state index contributed by atoms with van der Waals surface area (Å²) in [6.45, 7) is 4.45. The number of hydrogen-bond donors (Lipinski definition) is 3. The van der Waals surface area contributed by atoms with Gasteiger partial charge in [0.15, 0.2) is 5.76 Å². The minimum atomic E-state index is -4.60. The molecule has 0 spiro atoms. The number of aromatic nitrogens is 1. The lowest BCUT2D eigenvalue weighted by Gasteiger charge is -2.11. The van der Waals surface area contributed by atoms with Gasteiger partial charge in [-0.15, -0.1) is 0 Å². The highest BCUT2D eigenvalue weighted by molar-refractivity contribution is 7.86. The van der Waals surface area contributed by atoms with Crippen LogP contribution in [0.25, 0.3) is 16.9 Å². The highest BCUT2D eigenvalue weighted by atomic mass is 32.2. The molecule has 3 N–H and O–H groups in total. The van der Waals surface area contributed by atoms with Gasteiger partial charge in [0.2, 0.25) is 5.89 Å². The SMILES string of the molecule is C=C/C(=C\C=NCCCCCC(=O)O)c1ncc(-c2ccc(OCCCCCC(=O)O)c(S(=O)(=O)O)c2)o1. The van der Waals surface area contributed by atoms with E-state index in [1.54, 1.807) is 18.4 Å². The molecule has 0 radical (unpaired) electrons. The Bertz CT molecular complexity index is 1260. The van der Waals surface area contributed by atoms with Crippen molar-refractivity contribution >= 4 is 33.8 Å². The smallest absolute Gasteiger partial charge is 0.303 e. The number of benzene rings is 1. The third-order valence-corrected chi connectivity index (χ3v) is 6.18. The maximum Gasteiger partial charge on any atom is 0.303 e. The van der Waals surface area contributed by atoms with Crippen LogP contribution in [0, 0.1) is 0 Å². The van der Waals surface area contributed by atoms with Crippen LogP contribution in [-0.2, 0) is 19.7 Å². The Hall–Kier alpha value is -3.77. The predicted molar refractivity (Wildman–Crippen MR) is 141 cm³/mol. The number of allylic oxidation sites excluding steroid dienone is 3. The molecule has 0 atom stereocenters. The van der Waals surface area contributed by atoms with Crippen molar-refractivity contribution in [1.29, 1.82) is 0 Å². The number of unbranched alkanes of at least 4 members (excludes halogenated alkanes) is 4. The second kappa shape index (κ2) is 15.5. The Kier molecular flexibility index (Phi) is 12.4. The molecule has 0 aliphatic heterocycles. The molecular weight excluding hydrogens is 516 g/mol. The Labute approximate surface area is 221 Å². The molecule has 1 aromatic heterocycles. The lowest BCUT2D eigenvalue weighted by Crippen LogP contribution is -2.05. The minimum Gasteiger partial charge on any atom is -0.492 e. The average Bonchev–Trinajstić information content (AvgIpc) is 3.34. The molecule has 0 aliphatic rings. The van der Waals surface area contributed by atoms with E-state index in [2.05, 4.69) is 16.6 Å². The van der Waals surface area contributed by atoms with Crippen LogP contribution < -0.4 is 4.74 Å². The monoisotopic (exact) mass is 548 g/mol. The highest BCUT2D eigenvalue weighted by Crippen LogP contribution is 2.31. The second-order valence-electron chi connectivity index (χ2n) is 8.30. The van der Waals surface area contributed by atoms with Gasteiger partial charge in [-0.1, -0.05) is 19.1 Å². The summed E-state index contributed by atoms with van der Waals surface area (Å²) in [4.78, 5) is 29.1. The molecule has 1 heterocycles. The van der Waals surface area contributed by atoms with Crippen molar-refractivity contribution in [3.8, 4) is 17.1 Å². The predicted octanol–water partition coefficient (Wildman–Crippen LogP) is 4.90. The van der Waals surface area contributed by atoms with Crippen molar-refractivity contribution in [2.24, 2.45) is 4.99 Å². The topological polar surface area (TPSA) is 177 Å².